The van der Waals surface area contributed by atoms with Gasteiger partial charge in [0, 0.05) is 22.1 Å². The molecule has 1 amide bonds. The first-order valence-corrected chi connectivity index (χ1v) is 11.9. The van der Waals surface area contributed by atoms with Gasteiger partial charge >= 0.3 is 0 Å². The highest BCUT2D eigenvalue weighted by molar-refractivity contribution is 7.87. The van der Waals surface area contributed by atoms with Crippen molar-refractivity contribution < 1.29 is 22.5 Å². The van der Waals surface area contributed by atoms with Crippen LogP contribution in [0.3, 0.4) is 0 Å². The molecule has 35 heavy (non-hydrogen) atoms. The van der Waals surface area contributed by atoms with Crippen molar-refractivity contribution in [2.75, 3.05) is 18.2 Å². The van der Waals surface area contributed by atoms with E-state index in [1.165, 1.54) is 55.9 Å². The third-order valence-electron chi connectivity index (χ3n) is 5.97. The molecule has 3 atom stereocenters. The number of nitrogens with two attached hydrogens (primary N) is 1. The number of rotatable bonds is 5. The number of amidine groups is 1. The van der Waals surface area contributed by atoms with Crippen LogP contribution in [0.15, 0.2) is 59.9 Å². The fraction of sp³-hybridized carbons (Fsp3) is 0.250. The maximum absolute atomic E-state index is 15.0. The summed E-state index contributed by atoms with van der Waals surface area (Å²) in [6, 6.07) is 9.68. The SMILES string of the molecule is COc1cnc(C(=O)Nc2ccc(F)c([C@]3(C)CS(=O)[C@@](C)(c4cccc(F)c4)C(N)=N3)c2)cn1. The highest BCUT2D eigenvalue weighted by Gasteiger charge is 2.48. The van der Waals surface area contributed by atoms with E-state index in [1.54, 1.807) is 19.9 Å². The minimum Gasteiger partial charge on any atom is -0.480 e. The van der Waals surface area contributed by atoms with Crippen molar-refractivity contribution in [1.82, 2.24) is 9.97 Å². The number of aromatic nitrogens is 2. The zero-order valence-electron chi connectivity index (χ0n) is 19.2. The molecule has 182 valence electrons. The zero-order chi connectivity index (χ0) is 25.4. The fourth-order valence-electron chi connectivity index (χ4n) is 3.87. The Morgan fingerprint density at radius 3 is 2.54 bits per heavy atom. The summed E-state index contributed by atoms with van der Waals surface area (Å²) in [7, 11) is -0.239. The third-order valence-corrected chi connectivity index (χ3v) is 8.15. The van der Waals surface area contributed by atoms with Crippen molar-refractivity contribution in [2.24, 2.45) is 10.7 Å². The van der Waals surface area contributed by atoms with E-state index in [0.717, 1.165) is 0 Å². The van der Waals surface area contributed by atoms with Gasteiger partial charge < -0.3 is 15.8 Å². The molecule has 0 saturated carbocycles. The number of carbonyl (C=O) groups excluding carboxylic acids is 1. The van der Waals surface area contributed by atoms with Gasteiger partial charge in [0.05, 0.1) is 30.8 Å². The Balaban J connectivity index is 1.67. The van der Waals surface area contributed by atoms with E-state index >= 15 is 0 Å². The van der Waals surface area contributed by atoms with Crippen molar-refractivity contribution in [3.05, 3.63) is 83.3 Å². The lowest BCUT2D eigenvalue weighted by Gasteiger charge is -2.39. The van der Waals surface area contributed by atoms with Crippen LogP contribution in [0, 0.1) is 11.6 Å². The van der Waals surface area contributed by atoms with Gasteiger partial charge in [-0.25, -0.2) is 18.7 Å². The summed E-state index contributed by atoms with van der Waals surface area (Å²) in [6.45, 7) is 3.24. The molecule has 0 saturated heterocycles. The Labute approximate surface area is 203 Å². The summed E-state index contributed by atoms with van der Waals surface area (Å²) in [5, 5.41) is 2.64. The average molecular weight is 500 g/mol. The number of anilines is 1. The van der Waals surface area contributed by atoms with Gasteiger partial charge in [0.25, 0.3) is 5.91 Å². The van der Waals surface area contributed by atoms with E-state index in [2.05, 4.69) is 20.3 Å². The van der Waals surface area contributed by atoms with Gasteiger partial charge in [0.2, 0.25) is 5.88 Å². The second-order valence-electron chi connectivity index (χ2n) is 8.40. The van der Waals surface area contributed by atoms with E-state index in [4.69, 9.17) is 10.5 Å². The summed E-state index contributed by atoms with van der Waals surface area (Å²) in [5.41, 5.74) is 5.84. The van der Waals surface area contributed by atoms with Crippen LogP contribution in [-0.2, 0) is 21.1 Å². The van der Waals surface area contributed by atoms with E-state index in [-0.39, 0.29) is 34.4 Å². The molecule has 0 bridgehead atoms. The quantitative estimate of drug-likeness (QED) is 0.556. The Kier molecular flexibility index (Phi) is 6.37. The second kappa shape index (κ2) is 9.14. The Morgan fingerprint density at radius 2 is 1.91 bits per heavy atom. The molecule has 0 radical (unpaired) electrons. The van der Waals surface area contributed by atoms with Crippen molar-refractivity contribution in [2.45, 2.75) is 24.1 Å². The first-order chi connectivity index (χ1) is 16.6. The summed E-state index contributed by atoms with van der Waals surface area (Å²) in [6.07, 6.45) is 2.55. The number of carbonyl (C=O) groups is 1. The highest BCUT2D eigenvalue weighted by atomic mass is 32.2. The third kappa shape index (κ3) is 4.51. The van der Waals surface area contributed by atoms with Gasteiger partial charge in [-0.05, 0) is 49.7 Å². The molecule has 1 aliphatic heterocycles. The smallest absolute Gasteiger partial charge is 0.275 e. The summed E-state index contributed by atoms with van der Waals surface area (Å²) in [4.78, 5) is 25.0. The molecule has 0 fully saturated rings. The molecular formula is C24H23F2N5O3S. The fourth-order valence-corrected chi connectivity index (χ4v) is 5.56. The molecule has 4 rings (SSSR count). The van der Waals surface area contributed by atoms with Crippen LogP contribution in [0.5, 0.6) is 5.88 Å². The number of nitrogens with zero attached hydrogens (tertiary/aromatic N) is 3. The number of amides is 1. The van der Waals surface area contributed by atoms with Crippen LogP contribution in [0.1, 0.15) is 35.5 Å². The topological polar surface area (TPSA) is 120 Å². The average Bonchev–Trinajstić information content (AvgIpc) is 2.83. The standard InChI is InChI=1S/C24H23F2N5O3S/c1-23(13-35(33)24(2,22(27)31-23)14-5-4-6-15(25)9-14)17-10-16(7-8-18(17)26)30-21(32)19-11-29-20(34-3)12-28-19/h4-12H,13H2,1-3H3,(H2,27,31)(H,30,32)/t23-,24-,35?/m0/s1. The van der Waals surface area contributed by atoms with E-state index in [9.17, 15) is 17.8 Å². The molecule has 3 N–H and O–H groups in total. The Bertz CT molecular complexity index is 1350. The molecule has 11 heteroatoms. The highest BCUT2D eigenvalue weighted by Crippen LogP contribution is 2.41. The van der Waals surface area contributed by atoms with E-state index in [0.29, 0.717) is 5.56 Å². The van der Waals surface area contributed by atoms with Crippen LogP contribution in [0.4, 0.5) is 14.5 Å². The van der Waals surface area contributed by atoms with Crippen LogP contribution in [-0.4, -0.2) is 38.8 Å². The number of methoxy groups -OCH3 is 1. The molecule has 1 aromatic heterocycles. The van der Waals surface area contributed by atoms with Gasteiger partial charge in [-0.1, -0.05) is 12.1 Å². The summed E-state index contributed by atoms with van der Waals surface area (Å²) < 4.78 is 45.9. The van der Waals surface area contributed by atoms with Crippen molar-refractivity contribution in [3.63, 3.8) is 0 Å². The summed E-state index contributed by atoms with van der Waals surface area (Å²) >= 11 is 0. The minimum atomic E-state index is -1.67. The predicted octanol–water partition coefficient (Wildman–Crippen LogP) is 3.27. The lowest BCUT2D eigenvalue weighted by atomic mass is 9.91. The largest absolute Gasteiger partial charge is 0.480 e. The molecule has 0 spiro atoms. The maximum Gasteiger partial charge on any atom is 0.275 e. The number of benzene rings is 2. The normalized spacial score (nSPS) is 23.9. The molecule has 1 aliphatic rings. The molecule has 2 aromatic carbocycles. The van der Waals surface area contributed by atoms with Gasteiger partial charge in [-0.2, -0.15) is 0 Å². The first-order valence-electron chi connectivity index (χ1n) is 10.5. The van der Waals surface area contributed by atoms with Crippen LogP contribution in [0.25, 0.3) is 0 Å². The lowest BCUT2D eigenvalue weighted by molar-refractivity contribution is 0.102. The minimum absolute atomic E-state index is 0.00229. The zero-order valence-corrected chi connectivity index (χ0v) is 20.0. The predicted molar refractivity (Wildman–Crippen MR) is 129 cm³/mol. The van der Waals surface area contributed by atoms with E-state index < -0.39 is 38.6 Å². The molecule has 3 aromatic rings. The Hall–Kier alpha value is -3.73. The van der Waals surface area contributed by atoms with Gasteiger partial charge in [-0.15, -0.1) is 0 Å². The van der Waals surface area contributed by atoms with Crippen molar-refractivity contribution in [3.8, 4) is 5.88 Å². The number of hydrogen-bond donors (Lipinski definition) is 2. The number of nitrogens with one attached hydrogen (secondary N) is 1. The van der Waals surface area contributed by atoms with Crippen LogP contribution >= 0.6 is 0 Å². The van der Waals surface area contributed by atoms with E-state index in [1.807, 2.05) is 0 Å². The molecule has 2 heterocycles. The van der Waals surface area contributed by atoms with Crippen molar-refractivity contribution >= 4 is 28.2 Å². The molecule has 8 nitrogen and oxygen atoms in total. The first kappa shape index (κ1) is 24.4. The van der Waals surface area contributed by atoms with Crippen LogP contribution in [0.2, 0.25) is 0 Å². The number of hydrogen-bond acceptors (Lipinski definition) is 7. The summed E-state index contributed by atoms with van der Waals surface area (Å²) in [5.74, 6) is -1.46. The molecule has 1 unspecified atom stereocenters. The number of halogens is 2. The number of aliphatic imine (C=N–C) groups is 1. The Morgan fingerprint density at radius 1 is 1.14 bits per heavy atom. The number of ether oxygens (including phenoxy) is 1. The lowest BCUT2D eigenvalue weighted by Crippen LogP contribution is -2.52. The monoisotopic (exact) mass is 499 g/mol. The second-order valence-corrected chi connectivity index (χ2v) is 10.2. The van der Waals surface area contributed by atoms with Crippen LogP contribution < -0.4 is 15.8 Å². The maximum atomic E-state index is 15.0. The van der Waals surface area contributed by atoms with Gasteiger partial charge in [-0.3, -0.25) is 14.0 Å². The molecule has 0 aliphatic carbocycles. The molecular weight excluding hydrogens is 476 g/mol. The van der Waals surface area contributed by atoms with Gasteiger partial charge in [0.15, 0.2) is 0 Å². The van der Waals surface area contributed by atoms with Crippen molar-refractivity contribution in [1.29, 1.82) is 0 Å². The van der Waals surface area contributed by atoms with Gasteiger partial charge in [0.1, 0.15) is 27.9 Å².